The van der Waals surface area contributed by atoms with Gasteiger partial charge in [0.2, 0.25) is 0 Å². The summed E-state index contributed by atoms with van der Waals surface area (Å²) in [6.45, 7) is 0.987. The second kappa shape index (κ2) is 7.92. The molecule has 1 amide bonds. The van der Waals surface area contributed by atoms with E-state index in [1.807, 2.05) is 40.6 Å². The predicted molar refractivity (Wildman–Crippen MR) is 104 cm³/mol. The Bertz CT molecular complexity index is 904. The maximum absolute atomic E-state index is 13.1. The second-order valence-corrected chi connectivity index (χ2v) is 7.72. The minimum Gasteiger partial charge on any atom is -0.488 e. The van der Waals surface area contributed by atoms with Crippen molar-refractivity contribution in [2.75, 3.05) is 0 Å². The van der Waals surface area contributed by atoms with Crippen molar-refractivity contribution >= 4 is 17.2 Å². The highest BCUT2D eigenvalue weighted by molar-refractivity contribution is 7.09. The van der Waals surface area contributed by atoms with Gasteiger partial charge in [0.25, 0.3) is 5.91 Å². The van der Waals surface area contributed by atoms with Crippen LogP contribution < -0.4 is 4.74 Å². The van der Waals surface area contributed by atoms with E-state index in [0.717, 1.165) is 23.3 Å². The lowest BCUT2D eigenvalue weighted by molar-refractivity contribution is 0.0729. The van der Waals surface area contributed by atoms with Gasteiger partial charge < -0.3 is 9.64 Å². The van der Waals surface area contributed by atoms with Gasteiger partial charge in [0.05, 0.1) is 0 Å². The average molecular weight is 381 g/mol. The topological polar surface area (TPSA) is 29.5 Å². The van der Waals surface area contributed by atoms with Crippen molar-refractivity contribution in [1.82, 2.24) is 4.90 Å². The SMILES string of the molecule is O=C(c1cccc(OCc2cccs2)c1)N(Cc1ccc(F)cc1)C1CC1. The third-order valence-corrected chi connectivity index (χ3v) is 5.41. The number of benzene rings is 2. The molecule has 3 aromatic rings. The number of amides is 1. The summed E-state index contributed by atoms with van der Waals surface area (Å²) in [5.41, 5.74) is 1.55. The fourth-order valence-electron chi connectivity index (χ4n) is 2.97. The summed E-state index contributed by atoms with van der Waals surface area (Å²) in [7, 11) is 0. The van der Waals surface area contributed by atoms with Crippen molar-refractivity contribution in [3.8, 4) is 5.75 Å². The standard InChI is InChI=1S/C22H20FNO2S/c23-18-8-6-16(7-9-18)14-24(19-10-11-19)22(25)17-3-1-4-20(13-17)26-15-21-5-2-12-27-21/h1-9,12-13,19H,10-11,14-15H2. The van der Waals surface area contributed by atoms with Crippen LogP contribution in [0.4, 0.5) is 4.39 Å². The molecule has 1 aliphatic rings. The molecule has 0 radical (unpaired) electrons. The molecule has 0 saturated heterocycles. The van der Waals surface area contributed by atoms with Crippen LogP contribution >= 0.6 is 11.3 Å². The van der Waals surface area contributed by atoms with Gasteiger partial charge in [-0.3, -0.25) is 4.79 Å². The van der Waals surface area contributed by atoms with Gasteiger partial charge in [0.15, 0.2) is 0 Å². The molecule has 0 spiro atoms. The molecule has 4 rings (SSSR count). The number of carbonyl (C=O) groups is 1. The summed E-state index contributed by atoms with van der Waals surface area (Å²) >= 11 is 1.65. The Morgan fingerprint density at radius 1 is 1.11 bits per heavy atom. The van der Waals surface area contributed by atoms with Gasteiger partial charge in [-0.15, -0.1) is 11.3 Å². The van der Waals surface area contributed by atoms with Crippen LogP contribution in [0, 0.1) is 5.82 Å². The third kappa shape index (κ3) is 4.55. The number of ether oxygens (including phenoxy) is 1. The van der Waals surface area contributed by atoms with E-state index in [1.165, 1.54) is 12.1 Å². The molecule has 1 saturated carbocycles. The fourth-order valence-corrected chi connectivity index (χ4v) is 3.59. The molecule has 2 aromatic carbocycles. The zero-order valence-electron chi connectivity index (χ0n) is 14.8. The minimum absolute atomic E-state index is 0.0107. The number of carbonyl (C=O) groups excluding carboxylic acids is 1. The van der Waals surface area contributed by atoms with Crippen LogP contribution in [-0.4, -0.2) is 16.8 Å². The van der Waals surface area contributed by atoms with Gasteiger partial charge in [-0.25, -0.2) is 4.39 Å². The second-order valence-electron chi connectivity index (χ2n) is 6.69. The van der Waals surface area contributed by atoms with Crippen LogP contribution in [0.25, 0.3) is 0 Å². The highest BCUT2D eigenvalue weighted by atomic mass is 32.1. The minimum atomic E-state index is -0.265. The van der Waals surface area contributed by atoms with Crippen LogP contribution in [0.1, 0.15) is 33.6 Å². The molecule has 138 valence electrons. The first-order valence-electron chi connectivity index (χ1n) is 9.00. The molecule has 0 atom stereocenters. The zero-order chi connectivity index (χ0) is 18.6. The third-order valence-electron chi connectivity index (χ3n) is 4.56. The van der Waals surface area contributed by atoms with E-state index in [0.29, 0.717) is 24.5 Å². The maximum atomic E-state index is 13.1. The van der Waals surface area contributed by atoms with E-state index in [1.54, 1.807) is 29.5 Å². The van der Waals surface area contributed by atoms with Gasteiger partial charge in [0.1, 0.15) is 18.2 Å². The highest BCUT2D eigenvalue weighted by Gasteiger charge is 2.33. The molecule has 27 heavy (non-hydrogen) atoms. The van der Waals surface area contributed by atoms with E-state index >= 15 is 0 Å². The van der Waals surface area contributed by atoms with Crippen molar-refractivity contribution < 1.29 is 13.9 Å². The molecular formula is C22H20FNO2S. The van der Waals surface area contributed by atoms with E-state index in [2.05, 4.69) is 0 Å². The highest BCUT2D eigenvalue weighted by Crippen LogP contribution is 2.30. The Labute approximate surface area is 162 Å². The largest absolute Gasteiger partial charge is 0.488 e. The number of nitrogens with zero attached hydrogens (tertiary/aromatic N) is 1. The monoisotopic (exact) mass is 381 g/mol. The Morgan fingerprint density at radius 3 is 2.63 bits per heavy atom. The number of thiophene rings is 1. The van der Waals surface area contributed by atoms with Crippen molar-refractivity contribution in [1.29, 1.82) is 0 Å². The van der Waals surface area contributed by atoms with Crippen molar-refractivity contribution in [3.63, 3.8) is 0 Å². The van der Waals surface area contributed by atoms with Gasteiger partial charge >= 0.3 is 0 Å². The van der Waals surface area contributed by atoms with Gasteiger partial charge in [0, 0.05) is 23.0 Å². The van der Waals surface area contributed by atoms with E-state index in [-0.39, 0.29) is 17.8 Å². The Morgan fingerprint density at radius 2 is 1.93 bits per heavy atom. The normalized spacial score (nSPS) is 13.4. The molecule has 5 heteroatoms. The van der Waals surface area contributed by atoms with Crippen LogP contribution in [0.3, 0.4) is 0 Å². The quantitative estimate of drug-likeness (QED) is 0.558. The lowest BCUT2D eigenvalue weighted by atomic mass is 10.1. The summed E-state index contributed by atoms with van der Waals surface area (Å²) < 4.78 is 19.0. The lowest BCUT2D eigenvalue weighted by Gasteiger charge is -2.23. The summed E-state index contributed by atoms with van der Waals surface area (Å²) in [5, 5.41) is 2.02. The first-order chi connectivity index (χ1) is 13.2. The Balaban J connectivity index is 1.47. The lowest BCUT2D eigenvalue weighted by Crippen LogP contribution is -2.32. The summed E-state index contributed by atoms with van der Waals surface area (Å²) in [6.07, 6.45) is 2.03. The fraction of sp³-hybridized carbons (Fsp3) is 0.227. The van der Waals surface area contributed by atoms with E-state index in [4.69, 9.17) is 4.74 Å². The Hall–Kier alpha value is -2.66. The van der Waals surface area contributed by atoms with E-state index in [9.17, 15) is 9.18 Å². The van der Waals surface area contributed by atoms with Gasteiger partial charge in [-0.1, -0.05) is 24.3 Å². The zero-order valence-corrected chi connectivity index (χ0v) is 15.6. The molecule has 0 bridgehead atoms. The molecule has 1 fully saturated rings. The molecular weight excluding hydrogens is 361 g/mol. The maximum Gasteiger partial charge on any atom is 0.254 e. The molecule has 1 aliphatic carbocycles. The number of hydrogen-bond donors (Lipinski definition) is 0. The van der Waals surface area contributed by atoms with Crippen LogP contribution in [0.5, 0.6) is 5.75 Å². The summed E-state index contributed by atoms with van der Waals surface area (Å²) in [4.78, 5) is 16.1. The van der Waals surface area contributed by atoms with Crippen LogP contribution in [0.15, 0.2) is 66.0 Å². The van der Waals surface area contributed by atoms with E-state index < -0.39 is 0 Å². The molecule has 1 heterocycles. The predicted octanol–water partition coefficient (Wildman–Crippen LogP) is 5.27. The molecule has 1 aromatic heterocycles. The first kappa shape index (κ1) is 17.7. The van der Waals surface area contributed by atoms with Crippen molar-refractivity contribution in [3.05, 3.63) is 87.9 Å². The smallest absolute Gasteiger partial charge is 0.254 e. The van der Waals surface area contributed by atoms with Gasteiger partial charge in [-0.2, -0.15) is 0 Å². The summed E-state index contributed by atoms with van der Waals surface area (Å²) in [6, 6.07) is 18.0. The number of rotatable bonds is 7. The molecule has 0 aliphatic heterocycles. The first-order valence-corrected chi connectivity index (χ1v) is 9.88. The molecule has 0 N–H and O–H groups in total. The van der Waals surface area contributed by atoms with Gasteiger partial charge in [-0.05, 0) is 60.2 Å². The Kier molecular flexibility index (Phi) is 5.21. The molecule has 0 unspecified atom stereocenters. The average Bonchev–Trinajstić information content (AvgIpc) is 3.40. The number of hydrogen-bond acceptors (Lipinski definition) is 3. The van der Waals surface area contributed by atoms with Crippen molar-refractivity contribution in [2.24, 2.45) is 0 Å². The summed E-state index contributed by atoms with van der Waals surface area (Å²) in [5.74, 6) is 0.411. The molecule has 3 nitrogen and oxygen atoms in total. The number of halogens is 1. The van der Waals surface area contributed by atoms with Crippen LogP contribution in [0.2, 0.25) is 0 Å². The van der Waals surface area contributed by atoms with Crippen LogP contribution in [-0.2, 0) is 13.2 Å². The van der Waals surface area contributed by atoms with Crippen molar-refractivity contribution in [2.45, 2.75) is 32.0 Å².